The number of rotatable bonds is 4. The Bertz CT molecular complexity index is 1010. The van der Waals surface area contributed by atoms with Gasteiger partial charge in [-0.15, -0.1) is 10.2 Å². The van der Waals surface area contributed by atoms with Crippen LogP contribution < -0.4 is 5.32 Å². The molecule has 7 nitrogen and oxygen atoms in total. The summed E-state index contributed by atoms with van der Waals surface area (Å²) in [4.78, 5) is 26.9. The van der Waals surface area contributed by atoms with Crippen molar-refractivity contribution in [2.45, 2.75) is 25.8 Å². The maximum atomic E-state index is 12.7. The van der Waals surface area contributed by atoms with Crippen molar-refractivity contribution in [3.63, 3.8) is 0 Å². The number of anilines is 1. The molecule has 1 atom stereocenters. The van der Waals surface area contributed by atoms with Crippen LogP contribution in [0.2, 0.25) is 0 Å². The van der Waals surface area contributed by atoms with Gasteiger partial charge in [-0.3, -0.25) is 9.59 Å². The highest BCUT2D eigenvalue weighted by Crippen LogP contribution is 2.35. The number of hydrogen-bond acceptors (Lipinski definition) is 6. The van der Waals surface area contributed by atoms with Crippen molar-refractivity contribution >= 4 is 44.8 Å². The molecule has 1 aliphatic rings. The van der Waals surface area contributed by atoms with Crippen LogP contribution in [0.5, 0.6) is 0 Å². The molecule has 4 rings (SSSR count). The number of aromatic nitrogens is 2. The summed E-state index contributed by atoms with van der Waals surface area (Å²) in [7, 11) is 0. The minimum atomic E-state index is -0.307. The van der Waals surface area contributed by atoms with Gasteiger partial charge >= 0.3 is 0 Å². The Kier molecular flexibility index (Phi) is 5.27. The fraction of sp³-hybridized carbons (Fsp3) is 0.263. The molecule has 0 unspecified atom stereocenters. The molecular formula is C19H17BrN4O3S. The van der Waals surface area contributed by atoms with E-state index in [0.29, 0.717) is 21.9 Å². The number of aryl methyl sites for hydroxylation is 1. The minimum Gasteiger partial charge on any atom is -0.444 e. The Hall–Kier alpha value is -2.52. The van der Waals surface area contributed by atoms with Crippen LogP contribution in [0.1, 0.15) is 49.8 Å². The average molecular weight is 461 g/mol. The smallest absolute Gasteiger partial charge is 0.290 e. The number of furan rings is 1. The SMILES string of the molecule is Cc1ccc(NC(=O)c2nnc([C@H]3CCCN3C(=O)c3ccc(Br)o3)s2)cc1. The normalized spacial score (nSPS) is 16.4. The monoisotopic (exact) mass is 460 g/mol. The molecule has 2 aromatic heterocycles. The van der Waals surface area contributed by atoms with E-state index >= 15 is 0 Å². The predicted molar refractivity (Wildman–Crippen MR) is 108 cm³/mol. The highest BCUT2D eigenvalue weighted by atomic mass is 79.9. The van der Waals surface area contributed by atoms with Crippen LogP contribution in [0, 0.1) is 6.92 Å². The van der Waals surface area contributed by atoms with Crippen molar-refractivity contribution in [2.24, 2.45) is 0 Å². The fourth-order valence-corrected chi connectivity index (χ4v) is 4.31. The topological polar surface area (TPSA) is 88.3 Å². The molecule has 0 spiro atoms. The lowest BCUT2D eigenvalue weighted by atomic mass is 10.2. The summed E-state index contributed by atoms with van der Waals surface area (Å²) >= 11 is 4.43. The highest BCUT2D eigenvalue weighted by molar-refractivity contribution is 9.10. The Morgan fingerprint density at radius 1 is 1.21 bits per heavy atom. The second-order valence-corrected chi connectivity index (χ2v) is 8.32. The van der Waals surface area contributed by atoms with Gasteiger partial charge < -0.3 is 14.6 Å². The number of benzene rings is 1. The molecule has 1 aromatic carbocycles. The maximum absolute atomic E-state index is 12.7. The molecule has 1 fully saturated rings. The third-order valence-electron chi connectivity index (χ3n) is 4.53. The van der Waals surface area contributed by atoms with Crippen molar-refractivity contribution in [1.82, 2.24) is 15.1 Å². The Morgan fingerprint density at radius 3 is 2.71 bits per heavy atom. The first-order valence-electron chi connectivity index (χ1n) is 8.79. The number of nitrogens with one attached hydrogen (secondary N) is 1. The van der Waals surface area contributed by atoms with Crippen LogP contribution in [0.4, 0.5) is 5.69 Å². The number of carbonyl (C=O) groups is 2. The summed E-state index contributed by atoms with van der Waals surface area (Å²) in [6, 6.07) is 10.7. The van der Waals surface area contributed by atoms with Gasteiger partial charge in [0.25, 0.3) is 11.8 Å². The number of hydrogen-bond donors (Lipinski definition) is 1. The molecule has 28 heavy (non-hydrogen) atoms. The Balaban J connectivity index is 1.49. The molecule has 0 saturated carbocycles. The molecule has 1 N–H and O–H groups in total. The van der Waals surface area contributed by atoms with Gasteiger partial charge in [-0.05, 0) is 60.0 Å². The van der Waals surface area contributed by atoms with Gasteiger partial charge in [0.1, 0.15) is 5.01 Å². The van der Waals surface area contributed by atoms with Gasteiger partial charge in [-0.1, -0.05) is 29.0 Å². The van der Waals surface area contributed by atoms with Gasteiger partial charge in [0, 0.05) is 12.2 Å². The first-order valence-corrected chi connectivity index (χ1v) is 10.4. The highest BCUT2D eigenvalue weighted by Gasteiger charge is 2.34. The fourth-order valence-electron chi connectivity index (χ4n) is 3.12. The molecule has 3 heterocycles. The summed E-state index contributed by atoms with van der Waals surface area (Å²) in [6.45, 7) is 2.60. The lowest BCUT2D eigenvalue weighted by Gasteiger charge is -2.21. The summed E-state index contributed by atoms with van der Waals surface area (Å²) in [5.74, 6) is -0.215. The number of amides is 2. The van der Waals surface area contributed by atoms with Gasteiger partial charge in [0.15, 0.2) is 10.4 Å². The molecule has 9 heteroatoms. The number of likely N-dealkylation sites (tertiary alicyclic amines) is 1. The van der Waals surface area contributed by atoms with Crippen molar-refractivity contribution in [3.8, 4) is 0 Å². The Morgan fingerprint density at radius 2 is 2.00 bits per heavy atom. The van der Waals surface area contributed by atoms with E-state index in [1.807, 2.05) is 31.2 Å². The van der Waals surface area contributed by atoms with E-state index in [0.717, 1.165) is 18.4 Å². The molecule has 0 radical (unpaired) electrons. The van der Waals surface area contributed by atoms with Crippen LogP contribution in [-0.2, 0) is 0 Å². The quantitative estimate of drug-likeness (QED) is 0.621. The predicted octanol–water partition coefficient (Wildman–Crippen LogP) is 4.43. The van der Waals surface area contributed by atoms with Crippen LogP contribution in [-0.4, -0.2) is 33.5 Å². The molecule has 1 aliphatic heterocycles. The van der Waals surface area contributed by atoms with Crippen LogP contribution in [0.15, 0.2) is 45.5 Å². The lowest BCUT2D eigenvalue weighted by Crippen LogP contribution is -2.30. The van der Waals surface area contributed by atoms with Gasteiger partial charge in [-0.25, -0.2) is 0 Å². The first-order chi connectivity index (χ1) is 13.5. The maximum Gasteiger partial charge on any atom is 0.290 e. The lowest BCUT2D eigenvalue weighted by molar-refractivity contribution is 0.0701. The van der Waals surface area contributed by atoms with Crippen LogP contribution >= 0.6 is 27.3 Å². The average Bonchev–Trinajstić information content (AvgIpc) is 3.42. The van der Waals surface area contributed by atoms with E-state index < -0.39 is 0 Å². The summed E-state index contributed by atoms with van der Waals surface area (Å²) in [6.07, 6.45) is 1.64. The van der Waals surface area contributed by atoms with E-state index in [9.17, 15) is 9.59 Å². The van der Waals surface area contributed by atoms with Gasteiger partial charge in [0.2, 0.25) is 5.01 Å². The van der Waals surface area contributed by atoms with Crippen molar-refractivity contribution in [1.29, 1.82) is 0 Å². The third-order valence-corrected chi connectivity index (χ3v) is 5.98. The summed E-state index contributed by atoms with van der Waals surface area (Å²) in [5, 5.41) is 12.0. The van der Waals surface area contributed by atoms with Crippen molar-refractivity contribution in [2.75, 3.05) is 11.9 Å². The van der Waals surface area contributed by atoms with E-state index in [2.05, 4.69) is 31.4 Å². The minimum absolute atomic E-state index is 0.186. The number of nitrogens with zero attached hydrogens (tertiary/aromatic N) is 3. The molecule has 144 valence electrons. The number of carbonyl (C=O) groups excluding carboxylic acids is 2. The van der Waals surface area contributed by atoms with E-state index in [1.165, 1.54) is 11.3 Å². The molecule has 0 bridgehead atoms. The van der Waals surface area contributed by atoms with E-state index in [1.54, 1.807) is 17.0 Å². The van der Waals surface area contributed by atoms with Gasteiger partial charge in [-0.2, -0.15) is 0 Å². The van der Waals surface area contributed by atoms with E-state index in [4.69, 9.17) is 4.42 Å². The molecule has 2 amide bonds. The first kappa shape index (κ1) is 18.8. The van der Waals surface area contributed by atoms with Crippen LogP contribution in [0.25, 0.3) is 0 Å². The zero-order valence-electron chi connectivity index (χ0n) is 15.0. The second kappa shape index (κ2) is 7.84. The third kappa shape index (κ3) is 3.85. The molecule has 3 aromatic rings. The summed E-state index contributed by atoms with van der Waals surface area (Å²) < 4.78 is 5.90. The number of halogens is 1. The van der Waals surface area contributed by atoms with Crippen molar-refractivity contribution in [3.05, 3.63) is 62.4 Å². The van der Waals surface area contributed by atoms with Gasteiger partial charge in [0.05, 0.1) is 6.04 Å². The zero-order valence-corrected chi connectivity index (χ0v) is 17.4. The second-order valence-electron chi connectivity index (χ2n) is 6.53. The van der Waals surface area contributed by atoms with Crippen molar-refractivity contribution < 1.29 is 14.0 Å². The molecule has 1 saturated heterocycles. The Labute approximate surface area is 173 Å². The van der Waals surface area contributed by atoms with E-state index in [-0.39, 0.29) is 28.6 Å². The largest absolute Gasteiger partial charge is 0.444 e. The summed E-state index contributed by atoms with van der Waals surface area (Å²) in [5.41, 5.74) is 1.82. The molecular weight excluding hydrogens is 444 g/mol. The standard InChI is InChI=1S/C19H17BrN4O3S/c1-11-4-6-12(7-5-11)21-16(25)18-23-22-17(28-18)13-3-2-10-24(13)19(26)14-8-9-15(20)27-14/h4-9,13H,2-3,10H2,1H3,(H,21,25)/t13-/m1/s1. The van der Waals surface area contributed by atoms with Crippen LogP contribution in [0.3, 0.4) is 0 Å². The zero-order chi connectivity index (χ0) is 19.7. The molecule has 0 aliphatic carbocycles.